The van der Waals surface area contributed by atoms with Crippen LogP contribution >= 0.6 is 19.2 Å². The zero-order valence-corrected chi connectivity index (χ0v) is 18.8. The third-order valence-electron chi connectivity index (χ3n) is 5.52. The van der Waals surface area contributed by atoms with Crippen LogP contribution in [-0.4, -0.2) is 31.2 Å². The maximum atomic E-state index is 14.2. The highest BCUT2D eigenvalue weighted by Crippen LogP contribution is 2.72. The molecule has 0 spiro atoms. The summed E-state index contributed by atoms with van der Waals surface area (Å²) >= 11 is 5.96. The average Bonchev–Trinajstić information content (AvgIpc) is 3.28. The molecule has 0 saturated carbocycles. The van der Waals surface area contributed by atoms with Gasteiger partial charge in [-0.3, -0.25) is 19.1 Å². The Morgan fingerprint density at radius 3 is 2.19 bits per heavy atom. The Morgan fingerprint density at radius 1 is 1.00 bits per heavy atom. The molecule has 7 nitrogen and oxygen atoms in total. The largest absolute Gasteiger partial charge is 0.363 e. The van der Waals surface area contributed by atoms with E-state index in [0.717, 1.165) is 4.90 Å². The molecule has 2 aliphatic heterocycles. The topological polar surface area (TPSA) is 85.3 Å². The first-order valence-electron chi connectivity index (χ1n) is 10.0. The van der Waals surface area contributed by atoms with Gasteiger partial charge in [0.05, 0.1) is 30.7 Å². The molecule has 3 unspecified atom stereocenters. The fourth-order valence-electron chi connectivity index (χ4n) is 4.29. The van der Waals surface area contributed by atoms with Crippen molar-refractivity contribution in [3.8, 4) is 0 Å². The molecule has 2 aromatic carbocycles. The molecule has 0 radical (unpaired) electrons. The van der Waals surface area contributed by atoms with Crippen LogP contribution in [0.3, 0.4) is 0 Å². The predicted octanol–water partition coefficient (Wildman–Crippen LogP) is 4.65. The monoisotopic (exact) mass is 460 g/mol. The van der Waals surface area contributed by atoms with Crippen LogP contribution in [0.4, 0.5) is 5.69 Å². The van der Waals surface area contributed by atoms with Crippen LogP contribution in [0.25, 0.3) is 0 Å². The van der Waals surface area contributed by atoms with Gasteiger partial charge in [-0.15, -0.1) is 0 Å². The molecule has 2 amide bonds. The summed E-state index contributed by atoms with van der Waals surface area (Å²) in [6.07, 6.45) is 1.42. The number of carbonyl (C=O) groups is 2. The lowest BCUT2D eigenvalue weighted by atomic mass is 9.87. The van der Waals surface area contributed by atoms with Gasteiger partial charge in [-0.1, -0.05) is 41.9 Å². The van der Waals surface area contributed by atoms with Crippen molar-refractivity contribution in [1.29, 1.82) is 0 Å². The number of aliphatic imine (C=N–C) groups is 1. The predicted molar refractivity (Wildman–Crippen MR) is 118 cm³/mol. The van der Waals surface area contributed by atoms with Crippen molar-refractivity contribution in [3.63, 3.8) is 0 Å². The molecule has 3 atom stereocenters. The van der Waals surface area contributed by atoms with Gasteiger partial charge in [0.2, 0.25) is 11.8 Å². The van der Waals surface area contributed by atoms with Crippen LogP contribution in [0, 0.1) is 11.8 Å². The number of anilines is 1. The second kappa shape index (κ2) is 8.32. The average molecular weight is 461 g/mol. The molecule has 0 bridgehead atoms. The summed E-state index contributed by atoms with van der Waals surface area (Å²) < 4.78 is 25.5. The number of nitrogens with zero attached hydrogens (tertiary/aromatic N) is 2. The van der Waals surface area contributed by atoms with Crippen molar-refractivity contribution in [2.45, 2.75) is 19.1 Å². The van der Waals surface area contributed by atoms with Gasteiger partial charge in [0.1, 0.15) is 0 Å². The standard InChI is InChI=1S/C22H22ClN2O5P/c1-3-29-31(28,30-4-2)22(15-8-6-5-7-9-15)19-18(14-24-22)20(26)25(21(19)27)17-12-10-16(23)11-13-17/h5-14,18-19H,3-4H2,1-2H3. The number of halogens is 1. The minimum absolute atomic E-state index is 0.0990. The zero-order chi connectivity index (χ0) is 22.2. The van der Waals surface area contributed by atoms with Gasteiger partial charge in [-0.2, -0.15) is 0 Å². The molecule has 4 rings (SSSR count). The van der Waals surface area contributed by atoms with Crippen LogP contribution in [0.5, 0.6) is 0 Å². The minimum atomic E-state index is -4.00. The molecule has 162 valence electrons. The summed E-state index contributed by atoms with van der Waals surface area (Å²) in [4.78, 5) is 32.6. The van der Waals surface area contributed by atoms with Crippen molar-refractivity contribution < 1.29 is 23.2 Å². The number of hydrogen-bond acceptors (Lipinski definition) is 6. The van der Waals surface area contributed by atoms with Gasteiger partial charge in [0, 0.05) is 11.2 Å². The normalized spacial score (nSPS) is 25.3. The fourth-order valence-corrected chi connectivity index (χ4v) is 6.85. The summed E-state index contributed by atoms with van der Waals surface area (Å²) in [7, 11) is -4.00. The molecule has 1 fully saturated rings. The van der Waals surface area contributed by atoms with E-state index in [0.29, 0.717) is 16.3 Å². The highest BCUT2D eigenvalue weighted by molar-refractivity contribution is 7.55. The lowest BCUT2D eigenvalue weighted by molar-refractivity contribution is -0.123. The Kier molecular flexibility index (Phi) is 5.88. The number of imide groups is 1. The van der Waals surface area contributed by atoms with Crippen molar-refractivity contribution in [3.05, 3.63) is 65.2 Å². The quantitative estimate of drug-likeness (QED) is 0.443. The summed E-state index contributed by atoms with van der Waals surface area (Å²) in [5, 5.41) is -1.17. The zero-order valence-electron chi connectivity index (χ0n) is 17.1. The van der Waals surface area contributed by atoms with Crippen LogP contribution in [0.1, 0.15) is 19.4 Å². The fraction of sp³-hybridized carbons (Fsp3) is 0.318. The van der Waals surface area contributed by atoms with Gasteiger partial charge in [0.25, 0.3) is 0 Å². The molecule has 0 N–H and O–H groups in total. The number of amides is 2. The molecule has 1 saturated heterocycles. The number of fused-ring (bicyclic) bond motifs is 1. The first kappa shape index (κ1) is 21.9. The molecule has 31 heavy (non-hydrogen) atoms. The lowest BCUT2D eigenvalue weighted by Crippen LogP contribution is -2.40. The second-order valence-electron chi connectivity index (χ2n) is 7.20. The number of carbonyl (C=O) groups excluding carboxylic acids is 2. The van der Waals surface area contributed by atoms with Crippen molar-refractivity contribution in [2.75, 3.05) is 18.1 Å². The third-order valence-corrected chi connectivity index (χ3v) is 8.45. The first-order valence-corrected chi connectivity index (χ1v) is 11.9. The highest BCUT2D eigenvalue weighted by Gasteiger charge is 2.69. The summed E-state index contributed by atoms with van der Waals surface area (Å²) in [6.45, 7) is 3.59. The van der Waals surface area contributed by atoms with Crippen molar-refractivity contribution in [1.82, 2.24) is 0 Å². The summed E-state index contributed by atoms with van der Waals surface area (Å²) in [5.41, 5.74) is 0.898. The second-order valence-corrected chi connectivity index (χ2v) is 9.82. The molecule has 2 heterocycles. The minimum Gasteiger partial charge on any atom is -0.307 e. The van der Waals surface area contributed by atoms with Crippen LogP contribution in [0.2, 0.25) is 5.02 Å². The number of hydrogen-bond donors (Lipinski definition) is 0. The number of benzene rings is 2. The van der Waals surface area contributed by atoms with Gasteiger partial charge in [0.15, 0.2) is 5.28 Å². The van der Waals surface area contributed by atoms with Gasteiger partial charge in [-0.05, 0) is 43.7 Å². The van der Waals surface area contributed by atoms with E-state index in [4.69, 9.17) is 20.6 Å². The Balaban J connectivity index is 1.89. The maximum Gasteiger partial charge on any atom is 0.363 e. The van der Waals surface area contributed by atoms with Crippen LogP contribution < -0.4 is 4.90 Å². The van der Waals surface area contributed by atoms with Crippen molar-refractivity contribution in [2.24, 2.45) is 16.8 Å². The van der Waals surface area contributed by atoms with Crippen molar-refractivity contribution >= 4 is 42.9 Å². The summed E-state index contributed by atoms with van der Waals surface area (Å²) in [6, 6.07) is 15.2. The molecule has 2 aromatic rings. The number of rotatable bonds is 7. The first-order chi connectivity index (χ1) is 14.9. The Labute approximate surface area is 185 Å². The van der Waals surface area contributed by atoms with Crippen LogP contribution in [-0.2, 0) is 28.5 Å². The van der Waals surface area contributed by atoms with E-state index in [2.05, 4.69) is 4.99 Å². The van der Waals surface area contributed by atoms with Gasteiger partial charge < -0.3 is 9.05 Å². The SMILES string of the molecule is CCOP(=O)(OCC)C1(c2ccccc2)N=CC2C(=O)N(c3ccc(Cl)cc3)C(=O)C21. The smallest absolute Gasteiger partial charge is 0.307 e. The Hall–Kier alpha value is -2.31. The van der Waals surface area contributed by atoms with E-state index in [1.54, 1.807) is 68.4 Å². The van der Waals surface area contributed by atoms with E-state index >= 15 is 0 Å². The highest BCUT2D eigenvalue weighted by atomic mass is 35.5. The van der Waals surface area contributed by atoms with E-state index in [-0.39, 0.29) is 13.2 Å². The molecular weight excluding hydrogens is 439 g/mol. The molecule has 2 aliphatic rings. The van der Waals surface area contributed by atoms with E-state index in [9.17, 15) is 14.2 Å². The van der Waals surface area contributed by atoms with Crippen LogP contribution in [0.15, 0.2) is 59.6 Å². The molecule has 0 aliphatic carbocycles. The van der Waals surface area contributed by atoms with E-state index < -0.39 is 36.5 Å². The molecule has 9 heteroatoms. The van der Waals surface area contributed by atoms with Gasteiger partial charge in [-0.25, -0.2) is 4.90 Å². The maximum absolute atomic E-state index is 14.2. The Bertz CT molecular complexity index is 1070. The van der Waals surface area contributed by atoms with E-state index in [1.807, 2.05) is 0 Å². The molecule has 0 aromatic heterocycles. The van der Waals surface area contributed by atoms with E-state index in [1.165, 1.54) is 6.21 Å². The lowest BCUT2D eigenvalue weighted by Gasteiger charge is -2.37. The summed E-state index contributed by atoms with van der Waals surface area (Å²) in [5.74, 6) is -2.86. The molecular formula is C22H22ClN2O5P. The third kappa shape index (κ3) is 3.28. The Morgan fingerprint density at radius 2 is 1.61 bits per heavy atom. The van der Waals surface area contributed by atoms with Gasteiger partial charge >= 0.3 is 7.60 Å².